The number of nitrogens with zero attached hydrogens (tertiary/aromatic N) is 2. The normalized spacial score (nSPS) is 12.8. The van der Waals surface area contributed by atoms with Crippen molar-refractivity contribution in [1.82, 2.24) is 9.78 Å². The largest absolute Gasteiger partial charge is 0.240 e. The maximum Gasteiger partial charge on any atom is 0.0979 e. The first-order valence-electron chi connectivity index (χ1n) is 6.28. The third-order valence-corrected chi connectivity index (χ3v) is 4.46. The SMILES string of the molecule is c1ccc(-n2cc3c(n2)-c2ccccc2SC3)cc1. The maximum absolute atomic E-state index is 4.77. The lowest BCUT2D eigenvalue weighted by atomic mass is 10.1. The fourth-order valence-corrected chi connectivity index (χ4v) is 3.42. The van der Waals surface area contributed by atoms with Gasteiger partial charge >= 0.3 is 0 Å². The average Bonchev–Trinajstić information content (AvgIpc) is 2.93. The van der Waals surface area contributed by atoms with Gasteiger partial charge in [0.05, 0.1) is 11.4 Å². The number of rotatable bonds is 1. The molecule has 0 saturated heterocycles. The second-order valence-corrected chi connectivity index (χ2v) is 5.59. The highest BCUT2D eigenvalue weighted by Crippen LogP contribution is 2.40. The van der Waals surface area contributed by atoms with Gasteiger partial charge in [0.25, 0.3) is 0 Å². The lowest BCUT2D eigenvalue weighted by Gasteiger charge is -2.13. The molecule has 1 aliphatic rings. The van der Waals surface area contributed by atoms with Crippen molar-refractivity contribution in [2.75, 3.05) is 0 Å². The van der Waals surface area contributed by atoms with Gasteiger partial charge < -0.3 is 0 Å². The van der Waals surface area contributed by atoms with Gasteiger partial charge in [-0.1, -0.05) is 36.4 Å². The Morgan fingerprint density at radius 2 is 1.74 bits per heavy atom. The van der Waals surface area contributed by atoms with Crippen molar-refractivity contribution in [1.29, 1.82) is 0 Å². The van der Waals surface area contributed by atoms with Gasteiger partial charge in [-0.3, -0.25) is 0 Å². The van der Waals surface area contributed by atoms with Crippen molar-refractivity contribution in [2.45, 2.75) is 10.6 Å². The fourth-order valence-electron chi connectivity index (χ4n) is 2.40. The summed E-state index contributed by atoms with van der Waals surface area (Å²) in [6.45, 7) is 0. The fraction of sp³-hybridized carbons (Fsp3) is 0.0625. The Balaban J connectivity index is 1.88. The van der Waals surface area contributed by atoms with E-state index in [-0.39, 0.29) is 0 Å². The Kier molecular flexibility index (Phi) is 2.45. The minimum absolute atomic E-state index is 0.999. The number of fused-ring (bicyclic) bond motifs is 3. The van der Waals surface area contributed by atoms with Crippen molar-refractivity contribution >= 4 is 11.8 Å². The monoisotopic (exact) mass is 264 g/mol. The molecule has 2 aromatic carbocycles. The van der Waals surface area contributed by atoms with E-state index in [1.807, 2.05) is 34.6 Å². The smallest absolute Gasteiger partial charge is 0.0979 e. The molecule has 2 nitrogen and oxygen atoms in total. The summed E-state index contributed by atoms with van der Waals surface area (Å²) in [7, 11) is 0. The van der Waals surface area contributed by atoms with Crippen LogP contribution in [0.25, 0.3) is 16.9 Å². The van der Waals surface area contributed by atoms with Gasteiger partial charge in [0.2, 0.25) is 0 Å². The van der Waals surface area contributed by atoms with E-state index in [1.165, 1.54) is 16.0 Å². The average molecular weight is 264 g/mol. The molecular formula is C16H12N2S. The van der Waals surface area contributed by atoms with Crippen LogP contribution in [0.4, 0.5) is 0 Å². The number of hydrogen-bond donors (Lipinski definition) is 0. The van der Waals surface area contributed by atoms with E-state index in [1.54, 1.807) is 0 Å². The van der Waals surface area contributed by atoms with Crippen molar-refractivity contribution < 1.29 is 0 Å². The molecular weight excluding hydrogens is 252 g/mol. The molecule has 1 aliphatic heterocycles. The molecule has 0 bridgehead atoms. The third-order valence-electron chi connectivity index (χ3n) is 3.34. The van der Waals surface area contributed by atoms with E-state index in [2.05, 4.69) is 42.6 Å². The van der Waals surface area contributed by atoms with Crippen LogP contribution in [0.15, 0.2) is 65.7 Å². The zero-order valence-corrected chi connectivity index (χ0v) is 11.1. The predicted octanol–water partition coefficient (Wildman–Crippen LogP) is 4.15. The maximum atomic E-state index is 4.77. The number of para-hydroxylation sites is 1. The molecule has 0 radical (unpaired) electrons. The van der Waals surface area contributed by atoms with Crippen LogP contribution in [0.1, 0.15) is 5.56 Å². The summed E-state index contributed by atoms with van der Waals surface area (Å²) in [5, 5.41) is 4.77. The molecule has 1 aromatic heterocycles. The molecule has 3 heteroatoms. The Morgan fingerprint density at radius 1 is 0.947 bits per heavy atom. The summed E-state index contributed by atoms with van der Waals surface area (Å²) >= 11 is 1.89. The third kappa shape index (κ3) is 1.78. The van der Waals surface area contributed by atoms with E-state index >= 15 is 0 Å². The number of thioether (sulfide) groups is 1. The molecule has 3 aromatic rings. The summed E-state index contributed by atoms with van der Waals surface area (Å²) in [4.78, 5) is 1.33. The zero-order valence-electron chi connectivity index (χ0n) is 10.3. The van der Waals surface area contributed by atoms with Gasteiger partial charge in [-0.05, 0) is 18.2 Å². The molecule has 19 heavy (non-hydrogen) atoms. The van der Waals surface area contributed by atoms with Crippen LogP contribution < -0.4 is 0 Å². The topological polar surface area (TPSA) is 17.8 Å². The zero-order chi connectivity index (χ0) is 12.7. The Morgan fingerprint density at radius 3 is 2.63 bits per heavy atom. The van der Waals surface area contributed by atoms with E-state index in [0.717, 1.165) is 17.1 Å². The van der Waals surface area contributed by atoms with Crippen LogP contribution in [0.2, 0.25) is 0 Å². The molecule has 0 spiro atoms. The van der Waals surface area contributed by atoms with Crippen LogP contribution in [-0.2, 0) is 5.75 Å². The molecule has 0 saturated carbocycles. The van der Waals surface area contributed by atoms with E-state index < -0.39 is 0 Å². The van der Waals surface area contributed by atoms with Crippen LogP contribution in [0, 0.1) is 0 Å². The Bertz CT molecular complexity index is 732. The van der Waals surface area contributed by atoms with Gasteiger partial charge in [-0.2, -0.15) is 5.10 Å². The molecule has 92 valence electrons. The quantitative estimate of drug-likeness (QED) is 0.657. The predicted molar refractivity (Wildman–Crippen MR) is 78.6 cm³/mol. The minimum atomic E-state index is 0.999. The summed E-state index contributed by atoms with van der Waals surface area (Å²) in [5.41, 5.74) is 4.80. The van der Waals surface area contributed by atoms with E-state index in [4.69, 9.17) is 5.10 Å². The first-order valence-corrected chi connectivity index (χ1v) is 7.26. The summed E-state index contributed by atoms with van der Waals surface area (Å²) < 4.78 is 1.98. The highest BCUT2D eigenvalue weighted by molar-refractivity contribution is 7.98. The van der Waals surface area contributed by atoms with Gasteiger partial charge in [-0.15, -0.1) is 11.8 Å². The van der Waals surface area contributed by atoms with E-state index in [9.17, 15) is 0 Å². The molecule has 0 amide bonds. The van der Waals surface area contributed by atoms with Crippen LogP contribution in [0.3, 0.4) is 0 Å². The minimum Gasteiger partial charge on any atom is -0.240 e. The second kappa shape index (κ2) is 4.28. The molecule has 4 rings (SSSR count). The van der Waals surface area contributed by atoms with E-state index in [0.29, 0.717) is 0 Å². The highest BCUT2D eigenvalue weighted by atomic mass is 32.2. The van der Waals surface area contributed by atoms with Crippen LogP contribution in [0.5, 0.6) is 0 Å². The summed E-state index contributed by atoms with van der Waals surface area (Å²) in [6, 6.07) is 18.8. The van der Waals surface area contributed by atoms with Crippen LogP contribution in [-0.4, -0.2) is 9.78 Å². The second-order valence-electron chi connectivity index (χ2n) is 4.57. The first kappa shape index (κ1) is 10.9. The molecule has 0 atom stereocenters. The molecule has 0 fully saturated rings. The van der Waals surface area contributed by atoms with Crippen LogP contribution >= 0.6 is 11.8 Å². The molecule has 0 aliphatic carbocycles. The lowest BCUT2D eigenvalue weighted by Crippen LogP contribution is -1.95. The van der Waals surface area contributed by atoms with Gasteiger partial charge in [0.1, 0.15) is 0 Å². The number of hydrogen-bond acceptors (Lipinski definition) is 2. The van der Waals surface area contributed by atoms with Gasteiger partial charge in [0, 0.05) is 28.0 Å². The molecule has 0 unspecified atom stereocenters. The highest BCUT2D eigenvalue weighted by Gasteiger charge is 2.19. The Labute approximate surface area is 116 Å². The van der Waals surface area contributed by atoms with Crippen molar-refractivity contribution in [3.8, 4) is 16.9 Å². The number of aromatic nitrogens is 2. The summed E-state index contributed by atoms with van der Waals surface area (Å²) in [6.07, 6.45) is 2.15. The summed E-state index contributed by atoms with van der Waals surface area (Å²) in [5.74, 6) is 0.999. The standard InChI is InChI=1S/C16H12N2S/c1-2-6-13(7-3-1)18-10-12-11-19-15-9-5-4-8-14(15)16(12)17-18/h1-10H,11H2. The van der Waals surface area contributed by atoms with Gasteiger partial charge in [-0.25, -0.2) is 4.68 Å². The van der Waals surface area contributed by atoms with Crippen molar-refractivity contribution in [3.63, 3.8) is 0 Å². The molecule has 2 heterocycles. The van der Waals surface area contributed by atoms with Crippen molar-refractivity contribution in [3.05, 3.63) is 66.4 Å². The lowest BCUT2D eigenvalue weighted by molar-refractivity contribution is 0.883. The number of benzene rings is 2. The van der Waals surface area contributed by atoms with Crippen molar-refractivity contribution in [2.24, 2.45) is 0 Å². The first-order chi connectivity index (χ1) is 9.42. The van der Waals surface area contributed by atoms with Gasteiger partial charge in [0.15, 0.2) is 0 Å². The Hall–Kier alpha value is -2.00. The molecule has 0 N–H and O–H groups in total.